The molecule has 0 amide bonds. The summed E-state index contributed by atoms with van der Waals surface area (Å²) < 4.78 is 5.87. The van der Waals surface area contributed by atoms with Crippen molar-refractivity contribution in [3.8, 4) is 17.1 Å². The van der Waals surface area contributed by atoms with Crippen molar-refractivity contribution >= 4 is 0 Å². The SMILES string of the molecule is C=CCCCCCCCOc1ccc(-c2ncc(CCCCC(C)CC)cn2)cc1. The Hall–Kier alpha value is -2.16. The van der Waals surface area contributed by atoms with Crippen LogP contribution in [0.5, 0.6) is 5.75 Å². The van der Waals surface area contributed by atoms with Crippen molar-refractivity contribution in [3.05, 3.63) is 54.9 Å². The van der Waals surface area contributed by atoms with E-state index in [2.05, 4.69) is 30.4 Å². The molecule has 0 spiro atoms. The van der Waals surface area contributed by atoms with Crippen LogP contribution in [-0.2, 0) is 6.42 Å². The highest BCUT2D eigenvalue weighted by Crippen LogP contribution is 2.20. The summed E-state index contributed by atoms with van der Waals surface area (Å²) in [6, 6.07) is 8.13. The third-order valence-corrected chi connectivity index (χ3v) is 5.75. The van der Waals surface area contributed by atoms with Gasteiger partial charge >= 0.3 is 0 Å². The standard InChI is InChI=1S/C27H40N2O/c1-4-6-7-8-9-10-13-20-30-26-18-16-25(17-19-26)27-28-21-24(22-29-27)15-12-11-14-23(3)5-2/h4,16-19,21-23H,1,5-15,20H2,2-3H3. The molecule has 1 atom stereocenters. The van der Waals surface area contributed by atoms with Crippen LogP contribution in [0, 0.1) is 5.92 Å². The topological polar surface area (TPSA) is 35.0 Å². The van der Waals surface area contributed by atoms with Crippen LogP contribution in [0.1, 0.15) is 83.6 Å². The van der Waals surface area contributed by atoms with E-state index in [1.165, 1.54) is 56.9 Å². The molecule has 0 radical (unpaired) electrons. The van der Waals surface area contributed by atoms with E-state index >= 15 is 0 Å². The lowest BCUT2D eigenvalue weighted by Gasteiger charge is -2.08. The van der Waals surface area contributed by atoms with Crippen molar-refractivity contribution in [2.75, 3.05) is 6.61 Å². The Morgan fingerprint density at radius 1 is 0.933 bits per heavy atom. The molecule has 0 saturated heterocycles. The number of allylic oxidation sites excluding steroid dienone is 1. The van der Waals surface area contributed by atoms with E-state index in [4.69, 9.17) is 4.74 Å². The lowest BCUT2D eigenvalue weighted by Crippen LogP contribution is -1.98. The molecule has 3 nitrogen and oxygen atoms in total. The van der Waals surface area contributed by atoms with Gasteiger partial charge in [0.2, 0.25) is 0 Å². The minimum absolute atomic E-state index is 0.781. The van der Waals surface area contributed by atoms with Gasteiger partial charge in [-0.1, -0.05) is 58.4 Å². The van der Waals surface area contributed by atoms with Crippen molar-refractivity contribution in [1.82, 2.24) is 9.97 Å². The number of ether oxygens (including phenoxy) is 1. The molecule has 2 rings (SSSR count). The molecule has 1 aromatic carbocycles. The Bertz CT molecular complexity index is 694. The largest absolute Gasteiger partial charge is 0.494 e. The van der Waals surface area contributed by atoms with Crippen molar-refractivity contribution in [2.24, 2.45) is 5.92 Å². The number of benzene rings is 1. The normalized spacial score (nSPS) is 11.9. The van der Waals surface area contributed by atoms with Crippen LogP contribution in [0.25, 0.3) is 11.4 Å². The molecule has 2 aromatic rings. The number of hydrogen-bond donors (Lipinski definition) is 0. The molecule has 3 heteroatoms. The smallest absolute Gasteiger partial charge is 0.159 e. The molecule has 164 valence electrons. The number of unbranched alkanes of at least 4 members (excludes halogenated alkanes) is 6. The Balaban J connectivity index is 1.68. The van der Waals surface area contributed by atoms with Crippen LogP contribution in [0.3, 0.4) is 0 Å². The summed E-state index contributed by atoms with van der Waals surface area (Å²) >= 11 is 0. The second-order valence-corrected chi connectivity index (χ2v) is 8.39. The first kappa shape index (κ1) is 24.1. The van der Waals surface area contributed by atoms with Gasteiger partial charge in [0.15, 0.2) is 5.82 Å². The summed E-state index contributed by atoms with van der Waals surface area (Å²) in [5.41, 5.74) is 2.26. The van der Waals surface area contributed by atoms with Gasteiger partial charge in [0, 0.05) is 18.0 Å². The minimum Gasteiger partial charge on any atom is -0.494 e. The molecule has 1 unspecified atom stereocenters. The van der Waals surface area contributed by atoms with Gasteiger partial charge in [-0.25, -0.2) is 9.97 Å². The molecule has 0 aliphatic carbocycles. The lowest BCUT2D eigenvalue weighted by molar-refractivity contribution is 0.304. The molecule has 0 aliphatic heterocycles. The zero-order valence-corrected chi connectivity index (χ0v) is 19.1. The third kappa shape index (κ3) is 9.56. The van der Waals surface area contributed by atoms with Gasteiger partial charge in [-0.15, -0.1) is 6.58 Å². The fourth-order valence-corrected chi connectivity index (χ4v) is 3.47. The maximum Gasteiger partial charge on any atom is 0.159 e. The Labute approximate surface area is 184 Å². The predicted molar refractivity (Wildman–Crippen MR) is 128 cm³/mol. The van der Waals surface area contributed by atoms with Crippen LogP contribution in [-0.4, -0.2) is 16.6 Å². The monoisotopic (exact) mass is 408 g/mol. The highest BCUT2D eigenvalue weighted by atomic mass is 16.5. The van der Waals surface area contributed by atoms with Crippen LogP contribution in [0.15, 0.2) is 49.3 Å². The fraction of sp³-hybridized carbons (Fsp3) is 0.556. The molecule has 0 bridgehead atoms. The molecule has 0 fully saturated rings. The quantitative estimate of drug-likeness (QED) is 0.210. The van der Waals surface area contributed by atoms with Gasteiger partial charge < -0.3 is 4.74 Å². The highest BCUT2D eigenvalue weighted by molar-refractivity contribution is 5.55. The first-order chi connectivity index (χ1) is 14.7. The Morgan fingerprint density at radius 3 is 2.33 bits per heavy atom. The first-order valence-electron chi connectivity index (χ1n) is 11.9. The van der Waals surface area contributed by atoms with E-state index in [0.29, 0.717) is 0 Å². The molecular weight excluding hydrogens is 368 g/mol. The second kappa shape index (κ2) is 14.8. The zero-order chi connectivity index (χ0) is 21.4. The molecule has 0 aliphatic rings. The minimum atomic E-state index is 0.781. The lowest BCUT2D eigenvalue weighted by atomic mass is 10.00. The summed E-state index contributed by atoms with van der Waals surface area (Å²) in [5.74, 6) is 2.54. The number of rotatable bonds is 16. The van der Waals surface area contributed by atoms with E-state index in [1.54, 1.807) is 0 Å². The van der Waals surface area contributed by atoms with Gasteiger partial charge in [-0.3, -0.25) is 0 Å². The average Bonchev–Trinajstić information content (AvgIpc) is 2.79. The van der Waals surface area contributed by atoms with Crippen LogP contribution >= 0.6 is 0 Å². The molecule has 0 N–H and O–H groups in total. The van der Waals surface area contributed by atoms with Crippen molar-refractivity contribution in [2.45, 2.75) is 84.5 Å². The summed E-state index contributed by atoms with van der Waals surface area (Å²) in [6.45, 7) is 9.15. The van der Waals surface area contributed by atoms with E-state index in [0.717, 1.165) is 48.9 Å². The van der Waals surface area contributed by atoms with Gasteiger partial charge in [-0.05, 0) is 67.9 Å². The van der Waals surface area contributed by atoms with Crippen molar-refractivity contribution in [1.29, 1.82) is 0 Å². The molecule has 30 heavy (non-hydrogen) atoms. The van der Waals surface area contributed by atoms with Crippen LogP contribution < -0.4 is 4.74 Å². The Kier molecular flexibility index (Phi) is 11.9. The Morgan fingerprint density at radius 2 is 1.63 bits per heavy atom. The van der Waals surface area contributed by atoms with Crippen LogP contribution in [0.4, 0.5) is 0 Å². The molecular formula is C27H40N2O. The summed E-state index contributed by atoms with van der Waals surface area (Å²) in [6.07, 6.45) is 19.4. The highest BCUT2D eigenvalue weighted by Gasteiger charge is 2.04. The first-order valence-corrected chi connectivity index (χ1v) is 11.9. The predicted octanol–water partition coefficient (Wildman–Crippen LogP) is 7.81. The molecule has 1 heterocycles. The van der Waals surface area contributed by atoms with Crippen molar-refractivity contribution < 1.29 is 4.74 Å². The second-order valence-electron chi connectivity index (χ2n) is 8.39. The van der Waals surface area contributed by atoms with Gasteiger partial charge in [0.25, 0.3) is 0 Å². The number of aryl methyl sites for hydroxylation is 1. The van der Waals surface area contributed by atoms with E-state index < -0.39 is 0 Å². The van der Waals surface area contributed by atoms with Crippen LogP contribution in [0.2, 0.25) is 0 Å². The average molecular weight is 409 g/mol. The van der Waals surface area contributed by atoms with Gasteiger partial charge in [0.1, 0.15) is 5.75 Å². The number of nitrogens with zero attached hydrogens (tertiary/aromatic N) is 2. The van der Waals surface area contributed by atoms with E-state index in [9.17, 15) is 0 Å². The maximum absolute atomic E-state index is 5.87. The maximum atomic E-state index is 5.87. The number of aromatic nitrogens is 2. The van der Waals surface area contributed by atoms with Gasteiger partial charge in [-0.2, -0.15) is 0 Å². The number of hydrogen-bond acceptors (Lipinski definition) is 3. The molecule has 1 aromatic heterocycles. The van der Waals surface area contributed by atoms with Gasteiger partial charge in [0.05, 0.1) is 6.61 Å². The summed E-state index contributed by atoms with van der Waals surface area (Å²) in [4.78, 5) is 9.14. The van der Waals surface area contributed by atoms with Crippen molar-refractivity contribution in [3.63, 3.8) is 0 Å². The van der Waals surface area contributed by atoms with E-state index in [1.807, 2.05) is 42.7 Å². The zero-order valence-electron chi connectivity index (χ0n) is 19.1. The summed E-state index contributed by atoms with van der Waals surface area (Å²) in [5, 5.41) is 0. The fourth-order valence-electron chi connectivity index (χ4n) is 3.47. The third-order valence-electron chi connectivity index (χ3n) is 5.75. The van der Waals surface area contributed by atoms with E-state index in [-0.39, 0.29) is 0 Å². The summed E-state index contributed by atoms with van der Waals surface area (Å²) in [7, 11) is 0. The molecule has 0 saturated carbocycles.